The molecule has 1 spiro atoms. The molecule has 0 bridgehead atoms. The summed E-state index contributed by atoms with van der Waals surface area (Å²) in [5, 5.41) is 0. The van der Waals surface area contributed by atoms with E-state index in [1.165, 1.54) is 5.56 Å². The van der Waals surface area contributed by atoms with E-state index in [0.29, 0.717) is 17.3 Å². The van der Waals surface area contributed by atoms with Crippen LogP contribution in [0.1, 0.15) is 30.4 Å². The first-order valence-corrected chi connectivity index (χ1v) is 10.3. The van der Waals surface area contributed by atoms with E-state index in [1.807, 2.05) is 30.3 Å². The molecule has 1 saturated carbocycles. The van der Waals surface area contributed by atoms with Gasteiger partial charge in [-0.2, -0.15) is 0 Å². The second kappa shape index (κ2) is 5.78. The summed E-state index contributed by atoms with van der Waals surface area (Å²) in [6.07, 6.45) is 3.93. The normalized spacial score (nSPS) is 18.0. The number of fused-ring (bicyclic) bond motifs is 2. The fraction of sp³-hybridized carbons (Fsp3) is 0.368. The molecular weight excluding hydrogens is 342 g/mol. The molecule has 24 heavy (non-hydrogen) atoms. The van der Waals surface area contributed by atoms with Crippen molar-refractivity contribution in [3.05, 3.63) is 59.7 Å². The lowest BCUT2D eigenvalue weighted by atomic mass is 9.99. The minimum absolute atomic E-state index is 0.0595. The van der Waals surface area contributed by atoms with Crippen LogP contribution in [-0.4, -0.2) is 20.8 Å². The van der Waals surface area contributed by atoms with Gasteiger partial charge in [0.05, 0.1) is 10.6 Å². The van der Waals surface area contributed by atoms with Gasteiger partial charge < -0.3 is 0 Å². The second-order valence-corrected chi connectivity index (χ2v) is 8.99. The van der Waals surface area contributed by atoms with Crippen LogP contribution in [0.5, 0.6) is 0 Å². The van der Waals surface area contributed by atoms with E-state index in [1.54, 1.807) is 16.4 Å². The maximum Gasteiger partial charge on any atom is 0.264 e. The summed E-state index contributed by atoms with van der Waals surface area (Å²) in [6, 6.07) is 15.2. The third-order valence-electron chi connectivity index (χ3n) is 5.15. The molecule has 1 aliphatic heterocycles. The van der Waals surface area contributed by atoms with Crippen LogP contribution < -0.4 is 4.31 Å². The summed E-state index contributed by atoms with van der Waals surface area (Å²) in [4.78, 5) is 0.365. The number of halogens is 1. The van der Waals surface area contributed by atoms with E-state index in [9.17, 15) is 8.42 Å². The fourth-order valence-electron chi connectivity index (χ4n) is 3.60. The predicted octanol–water partition coefficient (Wildman–Crippen LogP) is 4.10. The zero-order chi connectivity index (χ0) is 16.8. The van der Waals surface area contributed by atoms with Crippen molar-refractivity contribution in [2.24, 2.45) is 0 Å². The van der Waals surface area contributed by atoms with Crippen LogP contribution in [0.3, 0.4) is 0 Å². The van der Waals surface area contributed by atoms with Crippen LogP contribution in [0, 0.1) is 0 Å². The van der Waals surface area contributed by atoms with Gasteiger partial charge in [-0.05, 0) is 55.0 Å². The molecule has 3 nitrogen and oxygen atoms in total. The lowest BCUT2D eigenvalue weighted by molar-refractivity contribution is 0.588. The molecular formula is C19H20ClNO2S. The maximum absolute atomic E-state index is 13.1. The van der Waals surface area contributed by atoms with Crippen molar-refractivity contribution >= 4 is 27.3 Å². The third kappa shape index (κ3) is 2.52. The lowest BCUT2D eigenvalue weighted by Gasteiger charge is -2.20. The summed E-state index contributed by atoms with van der Waals surface area (Å²) in [5.41, 5.74) is 3.22. The number of benzene rings is 2. The molecule has 0 saturated heterocycles. The smallest absolute Gasteiger partial charge is 0.264 e. The van der Waals surface area contributed by atoms with Crippen molar-refractivity contribution < 1.29 is 8.42 Å². The number of aryl methyl sites for hydroxylation is 1. The van der Waals surface area contributed by atoms with Crippen molar-refractivity contribution in [1.82, 2.24) is 0 Å². The molecule has 1 heterocycles. The number of sulfonamides is 1. The molecule has 0 unspecified atom stereocenters. The second-order valence-electron chi connectivity index (χ2n) is 6.75. The quantitative estimate of drug-likeness (QED) is 0.752. The highest BCUT2D eigenvalue weighted by Crippen LogP contribution is 2.57. The highest BCUT2D eigenvalue weighted by atomic mass is 35.5. The Morgan fingerprint density at radius 1 is 1.04 bits per heavy atom. The Kier molecular flexibility index (Phi) is 3.85. The Morgan fingerprint density at radius 3 is 2.42 bits per heavy atom. The molecule has 0 amide bonds. The van der Waals surface area contributed by atoms with Gasteiger partial charge in [0.25, 0.3) is 10.0 Å². The number of hydrogen-bond donors (Lipinski definition) is 0. The van der Waals surface area contributed by atoms with Gasteiger partial charge in [-0.25, -0.2) is 8.42 Å². The van der Waals surface area contributed by atoms with E-state index >= 15 is 0 Å². The number of rotatable bonds is 5. The average molecular weight is 362 g/mol. The molecule has 1 fully saturated rings. The fourth-order valence-corrected chi connectivity index (χ4v) is 5.31. The Bertz CT molecular complexity index is 857. The van der Waals surface area contributed by atoms with Crippen molar-refractivity contribution in [1.29, 1.82) is 0 Å². The third-order valence-corrected chi connectivity index (χ3v) is 7.20. The van der Waals surface area contributed by atoms with Crippen molar-refractivity contribution in [2.45, 2.75) is 36.0 Å². The van der Waals surface area contributed by atoms with Crippen LogP contribution >= 0.6 is 11.6 Å². The van der Waals surface area contributed by atoms with Crippen LogP contribution in [0.4, 0.5) is 5.69 Å². The van der Waals surface area contributed by atoms with E-state index in [2.05, 4.69) is 6.07 Å². The summed E-state index contributed by atoms with van der Waals surface area (Å²) in [6.45, 7) is 0.572. The average Bonchev–Trinajstić information content (AvgIpc) is 3.30. The molecule has 126 valence electrons. The monoisotopic (exact) mass is 361 g/mol. The molecule has 2 aliphatic rings. The van der Waals surface area contributed by atoms with Gasteiger partial charge in [0, 0.05) is 17.8 Å². The Morgan fingerprint density at radius 2 is 1.75 bits per heavy atom. The zero-order valence-corrected chi connectivity index (χ0v) is 15.0. The standard InChI is InChI=1S/C19H20ClNO2S/c20-13-3-4-15-7-9-16(10-8-15)24(22,23)21-14-19(11-12-19)17-5-1-2-6-18(17)21/h1-2,5-10H,3-4,11-14H2. The molecule has 0 aromatic heterocycles. The van der Waals surface area contributed by atoms with Crippen LogP contribution in [0.15, 0.2) is 53.4 Å². The first-order valence-electron chi connectivity index (χ1n) is 8.34. The molecule has 0 atom stereocenters. The Labute approximate surface area is 148 Å². The first kappa shape index (κ1) is 16.0. The minimum Gasteiger partial charge on any atom is -0.265 e. The molecule has 2 aromatic rings. The predicted molar refractivity (Wildman–Crippen MR) is 97.4 cm³/mol. The van der Waals surface area contributed by atoms with Crippen molar-refractivity contribution in [2.75, 3.05) is 16.7 Å². The van der Waals surface area contributed by atoms with Crippen LogP contribution in [-0.2, 0) is 21.9 Å². The number of nitrogens with zero attached hydrogens (tertiary/aromatic N) is 1. The molecule has 4 rings (SSSR count). The van der Waals surface area contributed by atoms with Crippen LogP contribution in [0.25, 0.3) is 0 Å². The lowest BCUT2D eigenvalue weighted by Crippen LogP contribution is -2.31. The van der Waals surface area contributed by atoms with E-state index in [-0.39, 0.29) is 5.41 Å². The molecule has 0 radical (unpaired) electrons. The molecule has 0 N–H and O–H groups in total. The minimum atomic E-state index is -3.51. The topological polar surface area (TPSA) is 37.4 Å². The van der Waals surface area contributed by atoms with Gasteiger partial charge in [-0.1, -0.05) is 30.3 Å². The van der Waals surface area contributed by atoms with Gasteiger partial charge in [-0.15, -0.1) is 11.6 Å². The van der Waals surface area contributed by atoms with E-state index in [0.717, 1.165) is 36.9 Å². The summed E-state index contributed by atoms with van der Waals surface area (Å²) in [5.74, 6) is 0.618. The molecule has 2 aromatic carbocycles. The largest absolute Gasteiger partial charge is 0.265 e. The van der Waals surface area contributed by atoms with E-state index in [4.69, 9.17) is 11.6 Å². The molecule has 5 heteroatoms. The maximum atomic E-state index is 13.1. The van der Waals surface area contributed by atoms with Gasteiger partial charge in [0.15, 0.2) is 0 Å². The van der Waals surface area contributed by atoms with Gasteiger partial charge in [0.2, 0.25) is 0 Å². The van der Waals surface area contributed by atoms with Crippen LogP contribution in [0.2, 0.25) is 0 Å². The number of hydrogen-bond acceptors (Lipinski definition) is 2. The first-order chi connectivity index (χ1) is 11.6. The van der Waals surface area contributed by atoms with Crippen molar-refractivity contribution in [3.63, 3.8) is 0 Å². The van der Waals surface area contributed by atoms with E-state index < -0.39 is 10.0 Å². The highest BCUT2D eigenvalue weighted by Gasteiger charge is 2.54. The zero-order valence-electron chi connectivity index (χ0n) is 13.4. The molecule has 1 aliphatic carbocycles. The van der Waals surface area contributed by atoms with Crippen molar-refractivity contribution in [3.8, 4) is 0 Å². The summed E-state index contributed by atoms with van der Waals surface area (Å²) in [7, 11) is -3.51. The van der Waals surface area contributed by atoms with Gasteiger partial charge in [-0.3, -0.25) is 4.31 Å². The highest BCUT2D eigenvalue weighted by molar-refractivity contribution is 7.92. The summed E-state index contributed by atoms with van der Waals surface area (Å²) >= 11 is 5.72. The van der Waals surface area contributed by atoms with Gasteiger partial charge >= 0.3 is 0 Å². The number of anilines is 1. The summed E-state index contributed by atoms with van der Waals surface area (Å²) < 4.78 is 27.9. The Balaban J connectivity index is 1.66. The van der Waals surface area contributed by atoms with Gasteiger partial charge in [0.1, 0.15) is 0 Å². The number of para-hydroxylation sites is 1. The Hall–Kier alpha value is -1.52. The SMILES string of the molecule is O=S(=O)(c1ccc(CCCCl)cc1)N1CC2(CC2)c2ccccc21. The number of alkyl halides is 1.